The number of rotatable bonds is 8. The Morgan fingerprint density at radius 1 is 1.03 bits per heavy atom. The molecular weight excluding hydrogens is 428 g/mol. The molecular formula is C28H30N2O4. The standard InChI is InChI=1S/C28H30N2O4/c1-19-7-9-22(10-8-19)11-14-27(31)29-23-12-13-26-25(18-23)30(28(32)21(3)34-26)15-16-33-24-6-4-5-20(2)17-24/h4-10,12-13,17-18,21H,11,14-16H2,1-3H3,(H,29,31). The SMILES string of the molecule is Cc1ccc(CCC(=O)Nc2ccc3c(c2)N(CCOc2cccc(C)c2)C(=O)C(C)O3)cc1. The van der Waals surface area contributed by atoms with Crippen LogP contribution in [0.15, 0.2) is 66.7 Å². The highest BCUT2D eigenvalue weighted by atomic mass is 16.5. The summed E-state index contributed by atoms with van der Waals surface area (Å²) in [5.74, 6) is 1.17. The number of aryl methyl sites for hydroxylation is 3. The highest BCUT2D eigenvalue weighted by molar-refractivity contribution is 6.01. The molecule has 3 aromatic carbocycles. The largest absolute Gasteiger partial charge is 0.492 e. The highest BCUT2D eigenvalue weighted by Crippen LogP contribution is 2.36. The van der Waals surface area contributed by atoms with Crippen molar-refractivity contribution in [1.82, 2.24) is 0 Å². The fourth-order valence-electron chi connectivity index (χ4n) is 3.91. The van der Waals surface area contributed by atoms with E-state index in [2.05, 4.69) is 5.32 Å². The summed E-state index contributed by atoms with van der Waals surface area (Å²) >= 11 is 0. The van der Waals surface area contributed by atoms with Crippen molar-refractivity contribution in [1.29, 1.82) is 0 Å². The molecule has 6 heteroatoms. The molecule has 0 aromatic heterocycles. The van der Waals surface area contributed by atoms with E-state index in [1.165, 1.54) is 5.56 Å². The third-order valence-corrected chi connectivity index (χ3v) is 5.79. The van der Waals surface area contributed by atoms with Crippen LogP contribution in [-0.2, 0) is 16.0 Å². The Morgan fingerprint density at radius 3 is 2.59 bits per heavy atom. The monoisotopic (exact) mass is 458 g/mol. The molecule has 0 fully saturated rings. The minimum Gasteiger partial charge on any atom is -0.492 e. The number of carbonyl (C=O) groups excluding carboxylic acids is 2. The van der Waals surface area contributed by atoms with Crippen LogP contribution in [-0.4, -0.2) is 31.1 Å². The van der Waals surface area contributed by atoms with Crippen LogP contribution >= 0.6 is 0 Å². The molecule has 1 heterocycles. The van der Waals surface area contributed by atoms with Gasteiger partial charge in [-0.2, -0.15) is 0 Å². The fourth-order valence-corrected chi connectivity index (χ4v) is 3.91. The quantitative estimate of drug-likeness (QED) is 0.512. The van der Waals surface area contributed by atoms with Crippen molar-refractivity contribution in [2.45, 2.75) is 39.7 Å². The lowest BCUT2D eigenvalue weighted by Crippen LogP contribution is -2.46. The van der Waals surface area contributed by atoms with Crippen molar-refractivity contribution in [2.24, 2.45) is 0 Å². The Kier molecular flexibility index (Phi) is 7.16. The second kappa shape index (κ2) is 10.4. The molecule has 1 unspecified atom stereocenters. The first kappa shape index (κ1) is 23.4. The van der Waals surface area contributed by atoms with Gasteiger partial charge in [-0.3, -0.25) is 9.59 Å². The Bertz CT molecular complexity index is 1170. The number of carbonyl (C=O) groups is 2. The number of amides is 2. The average molecular weight is 459 g/mol. The van der Waals surface area contributed by atoms with Gasteiger partial charge in [-0.1, -0.05) is 42.0 Å². The molecule has 0 saturated heterocycles. The summed E-state index contributed by atoms with van der Waals surface area (Å²) in [6.07, 6.45) is 0.459. The normalized spacial score (nSPS) is 14.9. The van der Waals surface area contributed by atoms with Crippen molar-refractivity contribution < 1.29 is 19.1 Å². The molecule has 0 bridgehead atoms. The molecule has 4 rings (SSSR count). The van der Waals surface area contributed by atoms with Crippen molar-refractivity contribution in [3.8, 4) is 11.5 Å². The van der Waals surface area contributed by atoms with E-state index in [-0.39, 0.29) is 11.8 Å². The molecule has 1 N–H and O–H groups in total. The van der Waals surface area contributed by atoms with E-state index in [0.29, 0.717) is 43.1 Å². The number of hydrogen-bond acceptors (Lipinski definition) is 4. The second-order valence-corrected chi connectivity index (χ2v) is 8.63. The van der Waals surface area contributed by atoms with Crippen molar-refractivity contribution in [2.75, 3.05) is 23.4 Å². The van der Waals surface area contributed by atoms with E-state index in [1.807, 2.05) is 62.4 Å². The number of nitrogens with zero attached hydrogens (tertiary/aromatic N) is 1. The molecule has 0 radical (unpaired) electrons. The summed E-state index contributed by atoms with van der Waals surface area (Å²) in [6, 6.07) is 21.4. The van der Waals surface area contributed by atoms with Crippen LogP contribution in [0.1, 0.15) is 30.0 Å². The summed E-state index contributed by atoms with van der Waals surface area (Å²) < 4.78 is 11.6. The molecule has 3 aromatic rings. The zero-order chi connectivity index (χ0) is 24.1. The van der Waals surface area contributed by atoms with Gasteiger partial charge in [0.25, 0.3) is 5.91 Å². The smallest absolute Gasteiger partial charge is 0.267 e. The predicted octanol–water partition coefficient (Wildman–Crippen LogP) is 5.07. The van der Waals surface area contributed by atoms with Gasteiger partial charge in [0.15, 0.2) is 6.10 Å². The van der Waals surface area contributed by atoms with E-state index in [1.54, 1.807) is 30.0 Å². The summed E-state index contributed by atoms with van der Waals surface area (Å²) in [6.45, 7) is 6.50. The lowest BCUT2D eigenvalue weighted by molar-refractivity contribution is -0.125. The number of nitrogens with one attached hydrogen (secondary N) is 1. The predicted molar refractivity (Wildman–Crippen MR) is 134 cm³/mol. The first-order valence-corrected chi connectivity index (χ1v) is 11.6. The lowest BCUT2D eigenvalue weighted by Gasteiger charge is -2.33. The van der Waals surface area contributed by atoms with Crippen LogP contribution in [0.2, 0.25) is 0 Å². The molecule has 176 valence electrons. The van der Waals surface area contributed by atoms with Gasteiger partial charge in [0.05, 0.1) is 12.2 Å². The van der Waals surface area contributed by atoms with Crippen LogP contribution in [0.3, 0.4) is 0 Å². The van der Waals surface area contributed by atoms with Crippen LogP contribution in [0, 0.1) is 13.8 Å². The number of ether oxygens (including phenoxy) is 2. The molecule has 6 nitrogen and oxygen atoms in total. The van der Waals surface area contributed by atoms with Crippen molar-refractivity contribution in [3.05, 3.63) is 83.4 Å². The summed E-state index contributed by atoms with van der Waals surface area (Å²) in [5.41, 5.74) is 4.69. The molecule has 0 aliphatic carbocycles. The van der Waals surface area contributed by atoms with Gasteiger partial charge in [0, 0.05) is 12.1 Å². The van der Waals surface area contributed by atoms with Crippen molar-refractivity contribution in [3.63, 3.8) is 0 Å². The first-order valence-electron chi connectivity index (χ1n) is 11.6. The Labute approximate surface area is 200 Å². The van der Waals surface area contributed by atoms with E-state index in [0.717, 1.165) is 16.9 Å². The molecule has 1 atom stereocenters. The molecule has 1 aliphatic heterocycles. The highest BCUT2D eigenvalue weighted by Gasteiger charge is 2.31. The Balaban J connectivity index is 1.41. The molecule has 34 heavy (non-hydrogen) atoms. The molecule has 1 aliphatic rings. The average Bonchev–Trinajstić information content (AvgIpc) is 2.81. The number of anilines is 2. The summed E-state index contributed by atoms with van der Waals surface area (Å²) in [5, 5.41) is 2.94. The zero-order valence-corrected chi connectivity index (χ0v) is 19.8. The number of benzene rings is 3. The van der Waals surface area contributed by atoms with Gasteiger partial charge in [0.2, 0.25) is 5.91 Å². The Morgan fingerprint density at radius 2 is 1.82 bits per heavy atom. The minimum atomic E-state index is -0.582. The maximum absolute atomic E-state index is 12.9. The fraction of sp³-hybridized carbons (Fsp3) is 0.286. The number of fused-ring (bicyclic) bond motifs is 1. The lowest BCUT2D eigenvalue weighted by atomic mass is 10.1. The molecule has 0 saturated carbocycles. The maximum Gasteiger partial charge on any atom is 0.267 e. The number of hydrogen-bond donors (Lipinski definition) is 1. The maximum atomic E-state index is 12.9. The zero-order valence-electron chi connectivity index (χ0n) is 19.8. The van der Waals surface area contributed by atoms with E-state index >= 15 is 0 Å². The second-order valence-electron chi connectivity index (χ2n) is 8.63. The van der Waals surface area contributed by atoms with Gasteiger partial charge in [-0.25, -0.2) is 0 Å². The van der Waals surface area contributed by atoms with Crippen LogP contribution in [0.5, 0.6) is 11.5 Å². The van der Waals surface area contributed by atoms with Crippen molar-refractivity contribution >= 4 is 23.2 Å². The van der Waals surface area contributed by atoms with Gasteiger partial charge in [-0.05, 0) is 68.7 Å². The third-order valence-electron chi connectivity index (χ3n) is 5.79. The first-order chi connectivity index (χ1) is 16.4. The summed E-state index contributed by atoms with van der Waals surface area (Å²) in [7, 11) is 0. The Hall–Kier alpha value is -3.80. The third kappa shape index (κ3) is 5.76. The summed E-state index contributed by atoms with van der Waals surface area (Å²) in [4.78, 5) is 27.1. The van der Waals surface area contributed by atoms with Crippen LogP contribution in [0.4, 0.5) is 11.4 Å². The topological polar surface area (TPSA) is 67.9 Å². The van der Waals surface area contributed by atoms with Gasteiger partial charge in [-0.15, -0.1) is 0 Å². The van der Waals surface area contributed by atoms with Gasteiger partial charge < -0.3 is 19.7 Å². The van der Waals surface area contributed by atoms with E-state index in [4.69, 9.17) is 9.47 Å². The van der Waals surface area contributed by atoms with Crippen LogP contribution in [0.25, 0.3) is 0 Å². The molecule has 0 spiro atoms. The van der Waals surface area contributed by atoms with Gasteiger partial charge >= 0.3 is 0 Å². The van der Waals surface area contributed by atoms with Crippen LogP contribution < -0.4 is 19.7 Å². The van der Waals surface area contributed by atoms with E-state index < -0.39 is 6.10 Å². The minimum absolute atomic E-state index is 0.0775. The van der Waals surface area contributed by atoms with E-state index in [9.17, 15) is 9.59 Å². The molecule has 2 amide bonds. The van der Waals surface area contributed by atoms with Gasteiger partial charge in [0.1, 0.15) is 18.1 Å².